The molecule has 2 aromatic rings. The van der Waals surface area contributed by atoms with Crippen molar-refractivity contribution in [3.8, 4) is 5.75 Å². The van der Waals surface area contributed by atoms with Crippen LogP contribution in [0.4, 0.5) is 0 Å². The van der Waals surface area contributed by atoms with Gasteiger partial charge in [0.1, 0.15) is 5.75 Å². The molecule has 0 unspecified atom stereocenters. The van der Waals surface area contributed by atoms with Crippen LogP contribution in [0.3, 0.4) is 0 Å². The number of nitrogens with zero attached hydrogens (tertiary/aromatic N) is 1. The molecule has 25 heavy (non-hydrogen) atoms. The van der Waals surface area contributed by atoms with Gasteiger partial charge in [-0.25, -0.2) is 0 Å². The fraction of sp³-hybridized carbons (Fsp3) is 0.381. The molecule has 2 aromatic carbocycles. The van der Waals surface area contributed by atoms with Crippen LogP contribution in [0.1, 0.15) is 36.1 Å². The Morgan fingerprint density at radius 1 is 1.16 bits per heavy atom. The predicted octanol–water partition coefficient (Wildman–Crippen LogP) is 3.07. The molecule has 0 aliphatic carbocycles. The molecule has 0 saturated carbocycles. The van der Waals surface area contributed by atoms with Gasteiger partial charge in [0.15, 0.2) is 0 Å². The molecule has 2 heterocycles. The molecule has 0 fully saturated rings. The van der Waals surface area contributed by atoms with Crippen LogP contribution in [0.25, 0.3) is 0 Å². The number of amides is 1. The van der Waals surface area contributed by atoms with Gasteiger partial charge in [0.05, 0.1) is 18.7 Å². The summed E-state index contributed by atoms with van der Waals surface area (Å²) in [5.74, 6) is 0.986. The van der Waals surface area contributed by atoms with E-state index in [2.05, 4.69) is 34.5 Å². The highest BCUT2D eigenvalue weighted by Crippen LogP contribution is 2.31. The lowest BCUT2D eigenvalue weighted by Gasteiger charge is -2.34. The minimum Gasteiger partial charge on any atom is -0.493 e. The van der Waals surface area contributed by atoms with E-state index in [-0.39, 0.29) is 18.0 Å². The fourth-order valence-electron chi connectivity index (χ4n) is 3.80. The molecule has 0 saturated heterocycles. The third-order valence-corrected chi connectivity index (χ3v) is 5.36. The number of rotatable bonds is 3. The zero-order chi connectivity index (χ0) is 17.2. The van der Waals surface area contributed by atoms with E-state index in [1.165, 1.54) is 11.1 Å². The smallest absolute Gasteiger partial charge is 0.237 e. The molecule has 0 aromatic heterocycles. The average Bonchev–Trinajstić information content (AvgIpc) is 2.67. The number of nitrogens with one attached hydrogen (secondary N) is 1. The van der Waals surface area contributed by atoms with Crippen LogP contribution in [0.5, 0.6) is 5.75 Å². The Hall–Kier alpha value is -2.33. The van der Waals surface area contributed by atoms with Crippen molar-refractivity contribution in [3.05, 3.63) is 65.2 Å². The maximum Gasteiger partial charge on any atom is 0.237 e. The Morgan fingerprint density at radius 3 is 2.80 bits per heavy atom. The van der Waals surface area contributed by atoms with Gasteiger partial charge in [-0.2, -0.15) is 0 Å². The molecule has 2 aliphatic rings. The zero-order valence-corrected chi connectivity index (χ0v) is 14.6. The maximum absolute atomic E-state index is 12.8. The zero-order valence-electron chi connectivity index (χ0n) is 14.6. The van der Waals surface area contributed by atoms with Crippen LogP contribution in [0, 0.1) is 0 Å². The van der Waals surface area contributed by atoms with Crippen molar-refractivity contribution in [2.45, 2.75) is 38.4 Å². The van der Waals surface area contributed by atoms with Crippen LogP contribution in [-0.2, 0) is 17.8 Å². The number of carbonyl (C=O) groups is 1. The number of hydrogen-bond acceptors (Lipinski definition) is 3. The highest BCUT2D eigenvalue weighted by atomic mass is 16.5. The van der Waals surface area contributed by atoms with E-state index >= 15 is 0 Å². The number of carbonyl (C=O) groups excluding carboxylic acids is 1. The average molecular weight is 336 g/mol. The summed E-state index contributed by atoms with van der Waals surface area (Å²) in [6.07, 6.45) is 1.83. The van der Waals surface area contributed by atoms with E-state index in [0.29, 0.717) is 6.61 Å². The van der Waals surface area contributed by atoms with Gasteiger partial charge in [0.25, 0.3) is 0 Å². The molecule has 130 valence electrons. The quantitative estimate of drug-likeness (QED) is 0.936. The minimum atomic E-state index is -0.136. The lowest BCUT2D eigenvalue weighted by Crippen LogP contribution is -2.48. The van der Waals surface area contributed by atoms with Crippen LogP contribution in [0.2, 0.25) is 0 Å². The standard InChI is InChI=1S/C21H24N2O2/c1-15(23-12-10-16-6-2-3-7-17(16)14-23)21(24)22-19-11-13-25-20-9-5-4-8-18(19)20/h2-9,15,19H,10-14H2,1H3,(H,22,24)/t15-,19-/m1/s1. The van der Waals surface area contributed by atoms with E-state index in [4.69, 9.17) is 4.74 Å². The van der Waals surface area contributed by atoms with Crippen molar-refractivity contribution < 1.29 is 9.53 Å². The van der Waals surface area contributed by atoms with Crippen LogP contribution in [-0.4, -0.2) is 30.0 Å². The molecule has 0 bridgehead atoms. The maximum atomic E-state index is 12.8. The van der Waals surface area contributed by atoms with Gasteiger partial charge >= 0.3 is 0 Å². The summed E-state index contributed by atoms with van der Waals surface area (Å²) in [4.78, 5) is 15.1. The van der Waals surface area contributed by atoms with Crippen molar-refractivity contribution in [2.75, 3.05) is 13.2 Å². The Morgan fingerprint density at radius 2 is 1.92 bits per heavy atom. The van der Waals surface area contributed by atoms with Crippen LogP contribution in [0.15, 0.2) is 48.5 Å². The van der Waals surface area contributed by atoms with Crippen molar-refractivity contribution >= 4 is 5.91 Å². The van der Waals surface area contributed by atoms with Gasteiger partial charge in [-0.15, -0.1) is 0 Å². The van der Waals surface area contributed by atoms with E-state index in [9.17, 15) is 4.79 Å². The molecule has 4 heteroatoms. The van der Waals surface area contributed by atoms with E-state index < -0.39 is 0 Å². The van der Waals surface area contributed by atoms with E-state index in [1.54, 1.807) is 0 Å². The number of fused-ring (bicyclic) bond motifs is 2. The fourth-order valence-corrected chi connectivity index (χ4v) is 3.80. The molecule has 1 amide bonds. The molecule has 1 N–H and O–H groups in total. The predicted molar refractivity (Wildman–Crippen MR) is 97.5 cm³/mol. The van der Waals surface area contributed by atoms with Gasteiger partial charge in [0, 0.05) is 25.1 Å². The highest BCUT2D eigenvalue weighted by molar-refractivity contribution is 5.82. The largest absolute Gasteiger partial charge is 0.493 e. The summed E-state index contributed by atoms with van der Waals surface area (Å²) in [7, 11) is 0. The first-order chi connectivity index (χ1) is 12.2. The second kappa shape index (κ2) is 6.89. The molecule has 0 radical (unpaired) electrons. The first kappa shape index (κ1) is 16.2. The normalized spacial score (nSPS) is 20.8. The number of ether oxygens (including phenoxy) is 1. The summed E-state index contributed by atoms with van der Waals surface area (Å²) in [5, 5.41) is 3.24. The second-order valence-electron chi connectivity index (χ2n) is 6.90. The van der Waals surface area contributed by atoms with Gasteiger partial charge in [-0.05, 0) is 30.5 Å². The summed E-state index contributed by atoms with van der Waals surface area (Å²) in [6.45, 7) is 4.42. The first-order valence-corrected chi connectivity index (χ1v) is 9.05. The summed E-state index contributed by atoms with van der Waals surface area (Å²) in [6, 6.07) is 16.4. The van der Waals surface area contributed by atoms with Crippen LogP contribution < -0.4 is 10.1 Å². The molecule has 4 rings (SSSR count). The first-order valence-electron chi connectivity index (χ1n) is 9.05. The lowest BCUT2D eigenvalue weighted by molar-refractivity contribution is -0.127. The SMILES string of the molecule is C[C@H](C(=O)N[C@@H]1CCOc2ccccc21)N1CCc2ccccc2C1. The lowest BCUT2D eigenvalue weighted by atomic mass is 9.98. The summed E-state index contributed by atoms with van der Waals surface area (Å²) in [5.41, 5.74) is 3.83. The monoisotopic (exact) mass is 336 g/mol. The van der Waals surface area contributed by atoms with Gasteiger partial charge < -0.3 is 10.1 Å². The summed E-state index contributed by atoms with van der Waals surface area (Å²) >= 11 is 0. The molecular formula is C21H24N2O2. The van der Waals surface area contributed by atoms with E-state index in [0.717, 1.165) is 37.2 Å². The number of para-hydroxylation sites is 1. The molecule has 0 spiro atoms. The Bertz CT molecular complexity index is 774. The van der Waals surface area contributed by atoms with Crippen molar-refractivity contribution in [1.29, 1.82) is 0 Å². The van der Waals surface area contributed by atoms with E-state index in [1.807, 2.05) is 31.2 Å². The van der Waals surface area contributed by atoms with Crippen molar-refractivity contribution in [1.82, 2.24) is 10.2 Å². The van der Waals surface area contributed by atoms with Gasteiger partial charge in [-0.1, -0.05) is 42.5 Å². The van der Waals surface area contributed by atoms with Crippen LogP contribution >= 0.6 is 0 Å². The summed E-state index contributed by atoms with van der Waals surface area (Å²) < 4.78 is 5.69. The highest BCUT2D eigenvalue weighted by Gasteiger charge is 2.28. The van der Waals surface area contributed by atoms with Gasteiger partial charge in [-0.3, -0.25) is 9.69 Å². The molecule has 4 nitrogen and oxygen atoms in total. The molecule has 2 aliphatic heterocycles. The van der Waals surface area contributed by atoms with Gasteiger partial charge in [0.2, 0.25) is 5.91 Å². The number of hydrogen-bond donors (Lipinski definition) is 1. The molecule has 2 atom stereocenters. The Kier molecular flexibility index (Phi) is 4.45. The van der Waals surface area contributed by atoms with Crippen molar-refractivity contribution in [2.24, 2.45) is 0 Å². The number of benzene rings is 2. The second-order valence-corrected chi connectivity index (χ2v) is 6.90. The molecular weight excluding hydrogens is 312 g/mol. The third-order valence-electron chi connectivity index (χ3n) is 5.36. The Balaban J connectivity index is 1.44. The Labute approximate surface area is 148 Å². The third kappa shape index (κ3) is 3.27. The minimum absolute atomic E-state index is 0.0389. The topological polar surface area (TPSA) is 41.6 Å². The van der Waals surface area contributed by atoms with Crippen molar-refractivity contribution in [3.63, 3.8) is 0 Å².